The van der Waals surface area contributed by atoms with Crippen molar-refractivity contribution < 1.29 is 4.79 Å². The maximum absolute atomic E-state index is 11.9. The van der Waals surface area contributed by atoms with Crippen molar-refractivity contribution in [3.05, 3.63) is 0 Å². The highest BCUT2D eigenvalue weighted by atomic mass is 16.2. The van der Waals surface area contributed by atoms with Crippen LogP contribution in [0.4, 0.5) is 0 Å². The van der Waals surface area contributed by atoms with Crippen molar-refractivity contribution in [1.82, 2.24) is 15.1 Å². The Balaban J connectivity index is 1.64. The lowest BCUT2D eigenvalue weighted by Crippen LogP contribution is -2.48. The monoisotopic (exact) mass is 268 g/mol. The second-order valence-corrected chi connectivity index (χ2v) is 6.05. The van der Waals surface area contributed by atoms with Crippen molar-refractivity contribution in [1.29, 1.82) is 0 Å². The quantitative estimate of drug-likeness (QED) is 0.754. The summed E-state index contributed by atoms with van der Waals surface area (Å²) >= 11 is 0. The van der Waals surface area contributed by atoms with E-state index in [9.17, 15) is 4.79 Å². The molecule has 0 aromatic carbocycles. The van der Waals surface area contributed by atoms with Crippen molar-refractivity contribution in [3.63, 3.8) is 0 Å². The Hall–Kier alpha value is -0.650. The van der Waals surface area contributed by atoms with Gasteiger partial charge in [-0.05, 0) is 39.3 Å². The highest BCUT2D eigenvalue weighted by Gasteiger charge is 2.21. The number of carbonyl (C=O) groups excluding carboxylic acids is 1. The van der Waals surface area contributed by atoms with Gasteiger partial charge in [0.2, 0.25) is 5.91 Å². The van der Waals surface area contributed by atoms with Crippen LogP contribution in [0.2, 0.25) is 0 Å². The topological polar surface area (TPSA) is 61.6 Å². The van der Waals surface area contributed by atoms with Crippen LogP contribution in [-0.4, -0.2) is 67.6 Å². The number of likely N-dealkylation sites (N-methyl/N-ethyl adjacent to an activating group) is 1. The van der Waals surface area contributed by atoms with Gasteiger partial charge in [0.25, 0.3) is 0 Å². The van der Waals surface area contributed by atoms with Crippen molar-refractivity contribution in [2.24, 2.45) is 5.73 Å². The Morgan fingerprint density at radius 1 is 1.21 bits per heavy atom. The molecule has 2 saturated heterocycles. The maximum Gasteiger partial charge on any atom is 0.234 e. The normalized spacial score (nSPS) is 27.4. The van der Waals surface area contributed by atoms with Crippen LogP contribution in [0.1, 0.15) is 32.1 Å². The first-order valence-corrected chi connectivity index (χ1v) is 7.60. The first-order valence-electron chi connectivity index (χ1n) is 7.60. The molecule has 110 valence electrons. The number of hydrogen-bond donors (Lipinski definition) is 2. The molecule has 0 aromatic heterocycles. The van der Waals surface area contributed by atoms with E-state index in [0.717, 1.165) is 39.0 Å². The zero-order valence-corrected chi connectivity index (χ0v) is 12.1. The number of carbonyl (C=O) groups is 1. The summed E-state index contributed by atoms with van der Waals surface area (Å²) in [6, 6.07) is 0.850. The molecule has 0 radical (unpaired) electrons. The number of amides is 1. The summed E-state index contributed by atoms with van der Waals surface area (Å²) in [5.41, 5.74) is 5.87. The van der Waals surface area contributed by atoms with Crippen LogP contribution in [0.15, 0.2) is 0 Å². The summed E-state index contributed by atoms with van der Waals surface area (Å²) in [4.78, 5) is 16.5. The Morgan fingerprint density at radius 3 is 2.63 bits per heavy atom. The highest BCUT2D eigenvalue weighted by molar-refractivity contribution is 5.78. The number of nitrogens with two attached hydrogens (primary N) is 1. The van der Waals surface area contributed by atoms with E-state index in [1.807, 2.05) is 0 Å². The first-order chi connectivity index (χ1) is 9.15. The lowest BCUT2D eigenvalue weighted by molar-refractivity contribution is -0.122. The summed E-state index contributed by atoms with van der Waals surface area (Å²) in [5.74, 6) is 0.162. The minimum absolute atomic E-state index is 0.162. The van der Waals surface area contributed by atoms with Crippen molar-refractivity contribution >= 4 is 5.91 Å². The number of rotatable bonds is 4. The highest BCUT2D eigenvalue weighted by Crippen LogP contribution is 2.14. The third kappa shape index (κ3) is 4.75. The molecule has 2 rings (SSSR count). The standard InChI is InChI=1S/C14H28N4O/c1-17-7-3-2-4-13(17)10-16-14(19)11-18-8-5-12(15)6-9-18/h12-13H,2-11,15H2,1H3,(H,16,19). The Bertz CT molecular complexity index is 289. The molecule has 2 fully saturated rings. The van der Waals surface area contributed by atoms with Crippen LogP contribution in [0.25, 0.3) is 0 Å². The molecule has 0 bridgehead atoms. The second kappa shape index (κ2) is 7.22. The van der Waals surface area contributed by atoms with E-state index in [-0.39, 0.29) is 5.91 Å². The molecular weight excluding hydrogens is 240 g/mol. The summed E-state index contributed by atoms with van der Waals surface area (Å²) in [7, 11) is 2.15. The lowest BCUT2D eigenvalue weighted by Gasteiger charge is -2.33. The van der Waals surface area contributed by atoms with Gasteiger partial charge < -0.3 is 16.0 Å². The van der Waals surface area contributed by atoms with Crippen molar-refractivity contribution in [2.75, 3.05) is 39.8 Å². The first kappa shape index (κ1) is 14.8. The van der Waals surface area contributed by atoms with Gasteiger partial charge in [-0.25, -0.2) is 0 Å². The molecular formula is C14H28N4O. The molecule has 2 aliphatic rings. The number of nitrogens with zero attached hydrogens (tertiary/aromatic N) is 2. The van der Waals surface area contributed by atoms with Crippen LogP contribution < -0.4 is 11.1 Å². The fourth-order valence-corrected chi connectivity index (χ4v) is 3.00. The van der Waals surface area contributed by atoms with Gasteiger partial charge in [-0.15, -0.1) is 0 Å². The predicted octanol–water partition coefficient (Wildman–Crippen LogP) is 0.0100. The van der Waals surface area contributed by atoms with Gasteiger partial charge in [-0.1, -0.05) is 6.42 Å². The smallest absolute Gasteiger partial charge is 0.234 e. The molecule has 3 N–H and O–H groups in total. The van der Waals surface area contributed by atoms with E-state index in [1.165, 1.54) is 19.3 Å². The van der Waals surface area contributed by atoms with Crippen molar-refractivity contribution in [3.8, 4) is 0 Å². The van der Waals surface area contributed by atoms with Gasteiger partial charge in [-0.3, -0.25) is 9.69 Å². The van der Waals surface area contributed by atoms with Crippen molar-refractivity contribution in [2.45, 2.75) is 44.2 Å². The van der Waals surface area contributed by atoms with Gasteiger partial charge in [0.15, 0.2) is 0 Å². The molecule has 0 spiro atoms. The third-order valence-corrected chi connectivity index (χ3v) is 4.46. The van der Waals surface area contributed by atoms with E-state index in [4.69, 9.17) is 5.73 Å². The maximum atomic E-state index is 11.9. The molecule has 2 heterocycles. The van der Waals surface area contributed by atoms with Crippen LogP contribution >= 0.6 is 0 Å². The minimum Gasteiger partial charge on any atom is -0.353 e. The van der Waals surface area contributed by atoms with E-state index in [2.05, 4.69) is 22.2 Å². The largest absolute Gasteiger partial charge is 0.353 e. The average Bonchev–Trinajstić information content (AvgIpc) is 2.40. The molecule has 0 aliphatic carbocycles. The Morgan fingerprint density at radius 2 is 1.95 bits per heavy atom. The molecule has 1 atom stereocenters. The second-order valence-electron chi connectivity index (χ2n) is 6.05. The van der Waals surface area contributed by atoms with Gasteiger partial charge >= 0.3 is 0 Å². The summed E-state index contributed by atoms with van der Waals surface area (Å²) in [6.07, 6.45) is 5.80. The van der Waals surface area contributed by atoms with E-state index in [1.54, 1.807) is 0 Å². The Labute approximate surface area is 116 Å². The fraction of sp³-hybridized carbons (Fsp3) is 0.929. The average molecular weight is 268 g/mol. The Kier molecular flexibility index (Phi) is 5.60. The molecule has 2 aliphatic heterocycles. The zero-order valence-electron chi connectivity index (χ0n) is 12.1. The van der Waals surface area contributed by atoms with Gasteiger partial charge in [-0.2, -0.15) is 0 Å². The molecule has 0 aromatic rings. The number of likely N-dealkylation sites (tertiary alicyclic amines) is 2. The predicted molar refractivity (Wildman–Crippen MR) is 76.9 cm³/mol. The van der Waals surface area contributed by atoms with Crippen LogP contribution in [0, 0.1) is 0 Å². The van der Waals surface area contributed by atoms with E-state index >= 15 is 0 Å². The molecule has 5 heteroatoms. The third-order valence-electron chi connectivity index (χ3n) is 4.46. The van der Waals surface area contributed by atoms with Gasteiger partial charge in [0.1, 0.15) is 0 Å². The molecule has 1 unspecified atom stereocenters. The number of piperidine rings is 2. The van der Waals surface area contributed by atoms with Gasteiger partial charge in [0.05, 0.1) is 6.54 Å². The summed E-state index contributed by atoms with van der Waals surface area (Å²) < 4.78 is 0. The lowest BCUT2D eigenvalue weighted by atomic mass is 10.0. The molecule has 5 nitrogen and oxygen atoms in total. The van der Waals surface area contributed by atoms with Crippen LogP contribution in [0.3, 0.4) is 0 Å². The SMILES string of the molecule is CN1CCCCC1CNC(=O)CN1CCC(N)CC1. The molecule has 1 amide bonds. The zero-order chi connectivity index (χ0) is 13.7. The fourth-order valence-electron chi connectivity index (χ4n) is 3.00. The molecule has 19 heavy (non-hydrogen) atoms. The van der Waals surface area contributed by atoms with E-state index < -0.39 is 0 Å². The minimum atomic E-state index is 0.162. The van der Waals surface area contributed by atoms with Crippen LogP contribution in [-0.2, 0) is 4.79 Å². The van der Waals surface area contributed by atoms with Crippen LogP contribution in [0.5, 0.6) is 0 Å². The van der Waals surface area contributed by atoms with Gasteiger partial charge in [0, 0.05) is 31.7 Å². The number of hydrogen-bond acceptors (Lipinski definition) is 4. The number of nitrogens with one attached hydrogen (secondary N) is 1. The van der Waals surface area contributed by atoms with E-state index in [0.29, 0.717) is 18.6 Å². The summed E-state index contributed by atoms with van der Waals surface area (Å²) in [6.45, 7) is 4.40. The summed E-state index contributed by atoms with van der Waals surface area (Å²) in [5, 5.41) is 3.09. The molecule has 0 saturated carbocycles.